The summed E-state index contributed by atoms with van der Waals surface area (Å²) in [4.78, 5) is 0.371. The Morgan fingerprint density at radius 1 is 1.26 bits per heavy atom. The molecule has 0 aliphatic heterocycles. The van der Waals surface area contributed by atoms with Gasteiger partial charge in [-0.2, -0.15) is 10.5 Å². The SMILES string of the molecule is COCCOCCCNc1sc(C#N)c(N)c1C#N. The fraction of sp³-hybridized carbons (Fsp3) is 0.500. The molecule has 1 rings (SSSR count). The molecule has 6 nitrogen and oxygen atoms in total. The Balaban J connectivity index is 2.38. The lowest BCUT2D eigenvalue weighted by molar-refractivity contribution is 0.0705. The minimum absolute atomic E-state index is 0.258. The zero-order valence-electron chi connectivity index (χ0n) is 10.7. The maximum absolute atomic E-state index is 9.00. The molecule has 0 atom stereocenters. The molecule has 0 amide bonds. The second-order valence-electron chi connectivity index (χ2n) is 3.66. The maximum atomic E-state index is 9.00. The molecule has 0 aromatic carbocycles. The van der Waals surface area contributed by atoms with E-state index in [1.807, 2.05) is 12.1 Å². The van der Waals surface area contributed by atoms with Gasteiger partial charge in [-0.15, -0.1) is 11.3 Å². The van der Waals surface area contributed by atoms with Gasteiger partial charge in [0, 0.05) is 20.3 Å². The van der Waals surface area contributed by atoms with E-state index in [4.69, 9.17) is 25.7 Å². The van der Waals surface area contributed by atoms with E-state index < -0.39 is 0 Å². The van der Waals surface area contributed by atoms with Gasteiger partial charge in [0.25, 0.3) is 0 Å². The summed E-state index contributed by atoms with van der Waals surface area (Å²) in [7, 11) is 1.63. The highest BCUT2D eigenvalue weighted by molar-refractivity contribution is 7.17. The van der Waals surface area contributed by atoms with Crippen LogP contribution in [0.1, 0.15) is 16.9 Å². The van der Waals surface area contributed by atoms with Crippen molar-refractivity contribution in [3.8, 4) is 12.1 Å². The third-order valence-electron chi connectivity index (χ3n) is 2.34. The van der Waals surface area contributed by atoms with Crippen LogP contribution < -0.4 is 11.1 Å². The van der Waals surface area contributed by atoms with Crippen LogP contribution in [-0.2, 0) is 9.47 Å². The number of nitriles is 2. The van der Waals surface area contributed by atoms with Crippen LogP contribution in [0.15, 0.2) is 0 Å². The number of hydrogen-bond acceptors (Lipinski definition) is 7. The van der Waals surface area contributed by atoms with Crippen molar-refractivity contribution in [3.05, 3.63) is 10.4 Å². The van der Waals surface area contributed by atoms with Gasteiger partial charge in [0.1, 0.15) is 27.6 Å². The number of hydrogen-bond donors (Lipinski definition) is 2. The Morgan fingerprint density at radius 3 is 2.68 bits per heavy atom. The first kappa shape index (κ1) is 15.3. The molecule has 0 spiro atoms. The molecule has 1 aromatic rings. The quantitative estimate of drug-likeness (QED) is 0.700. The molecule has 0 saturated heterocycles. The van der Waals surface area contributed by atoms with Crippen molar-refractivity contribution in [2.24, 2.45) is 0 Å². The smallest absolute Gasteiger partial charge is 0.131 e. The van der Waals surface area contributed by atoms with Crippen molar-refractivity contribution < 1.29 is 9.47 Å². The van der Waals surface area contributed by atoms with Gasteiger partial charge in [0.05, 0.1) is 18.9 Å². The lowest BCUT2D eigenvalue weighted by Gasteiger charge is -2.05. The highest BCUT2D eigenvalue weighted by atomic mass is 32.1. The Morgan fingerprint density at radius 2 is 2.05 bits per heavy atom. The van der Waals surface area contributed by atoms with E-state index in [-0.39, 0.29) is 5.69 Å². The summed E-state index contributed by atoms with van der Waals surface area (Å²) in [6.45, 7) is 2.43. The molecule has 0 aliphatic rings. The molecule has 0 saturated carbocycles. The van der Waals surface area contributed by atoms with E-state index in [9.17, 15) is 0 Å². The fourth-order valence-corrected chi connectivity index (χ4v) is 2.28. The lowest BCUT2D eigenvalue weighted by atomic mass is 10.2. The largest absolute Gasteiger partial charge is 0.396 e. The average Bonchev–Trinajstić information content (AvgIpc) is 2.73. The number of nitrogen functional groups attached to an aromatic ring is 1. The van der Waals surface area contributed by atoms with E-state index in [0.717, 1.165) is 6.42 Å². The van der Waals surface area contributed by atoms with Crippen molar-refractivity contribution in [1.82, 2.24) is 0 Å². The number of ether oxygens (including phenoxy) is 2. The number of anilines is 2. The number of nitrogens with zero attached hydrogens (tertiary/aromatic N) is 2. The topological polar surface area (TPSA) is 104 Å². The second kappa shape index (κ2) is 8.33. The summed E-state index contributed by atoms with van der Waals surface area (Å²) in [5, 5.41) is 21.6. The molecule has 19 heavy (non-hydrogen) atoms. The summed E-state index contributed by atoms with van der Waals surface area (Å²) < 4.78 is 10.2. The van der Waals surface area contributed by atoms with Crippen LogP contribution in [0.2, 0.25) is 0 Å². The molecule has 102 valence electrons. The molecule has 7 heteroatoms. The van der Waals surface area contributed by atoms with Crippen LogP contribution in [-0.4, -0.2) is 33.5 Å². The van der Waals surface area contributed by atoms with Crippen LogP contribution >= 0.6 is 11.3 Å². The summed E-state index contributed by atoms with van der Waals surface area (Å²) in [5.74, 6) is 0. The summed E-state index contributed by atoms with van der Waals surface area (Å²) in [6.07, 6.45) is 0.800. The first-order chi connectivity index (χ1) is 9.24. The van der Waals surface area contributed by atoms with E-state index in [1.165, 1.54) is 11.3 Å². The van der Waals surface area contributed by atoms with Gasteiger partial charge in [0.15, 0.2) is 0 Å². The minimum Gasteiger partial charge on any atom is -0.396 e. The van der Waals surface area contributed by atoms with Crippen molar-refractivity contribution in [1.29, 1.82) is 10.5 Å². The summed E-state index contributed by atoms with van der Waals surface area (Å²) >= 11 is 1.20. The zero-order valence-corrected chi connectivity index (χ0v) is 11.5. The molecule has 0 radical (unpaired) electrons. The van der Waals surface area contributed by atoms with Crippen LogP contribution in [0.4, 0.5) is 10.7 Å². The third-order valence-corrected chi connectivity index (χ3v) is 3.41. The molecule has 0 bridgehead atoms. The molecule has 0 aliphatic carbocycles. The van der Waals surface area contributed by atoms with E-state index >= 15 is 0 Å². The normalized spacial score (nSPS) is 9.84. The lowest BCUT2D eigenvalue weighted by Crippen LogP contribution is -2.08. The Labute approximate surface area is 116 Å². The van der Waals surface area contributed by atoms with Crippen molar-refractivity contribution in [2.45, 2.75) is 6.42 Å². The Hall–Kier alpha value is -1.80. The number of rotatable bonds is 8. The number of nitrogens with two attached hydrogens (primary N) is 1. The van der Waals surface area contributed by atoms with Gasteiger partial charge in [0.2, 0.25) is 0 Å². The molecule has 0 fully saturated rings. The number of methoxy groups -OCH3 is 1. The van der Waals surface area contributed by atoms with Crippen molar-refractivity contribution in [2.75, 3.05) is 44.5 Å². The van der Waals surface area contributed by atoms with E-state index in [1.54, 1.807) is 7.11 Å². The first-order valence-corrected chi connectivity index (χ1v) is 6.59. The van der Waals surface area contributed by atoms with Gasteiger partial charge >= 0.3 is 0 Å². The fourth-order valence-electron chi connectivity index (χ4n) is 1.38. The van der Waals surface area contributed by atoms with Gasteiger partial charge in [-0.25, -0.2) is 0 Å². The average molecular weight is 280 g/mol. The molecular formula is C12H16N4O2S. The second-order valence-corrected chi connectivity index (χ2v) is 4.68. The van der Waals surface area contributed by atoms with Crippen LogP contribution in [0.5, 0.6) is 0 Å². The Bertz CT molecular complexity index is 487. The molecule has 1 aromatic heterocycles. The standard InChI is InChI=1S/C12H16N4O2S/c1-17-5-6-18-4-2-3-16-12-9(7-13)11(15)10(8-14)19-12/h16H,2-6,15H2,1H3. The van der Waals surface area contributed by atoms with Crippen LogP contribution in [0.3, 0.4) is 0 Å². The summed E-state index contributed by atoms with van der Waals surface area (Å²) in [6, 6.07) is 3.99. The number of thiophene rings is 1. The van der Waals surface area contributed by atoms with Gasteiger partial charge in [-0.05, 0) is 6.42 Å². The van der Waals surface area contributed by atoms with E-state index in [2.05, 4.69) is 5.32 Å². The van der Waals surface area contributed by atoms with Gasteiger partial charge in [-0.3, -0.25) is 0 Å². The zero-order chi connectivity index (χ0) is 14.1. The molecule has 1 heterocycles. The van der Waals surface area contributed by atoms with Crippen LogP contribution in [0, 0.1) is 22.7 Å². The predicted octanol–water partition coefficient (Wildman–Crippen LogP) is 1.54. The monoisotopic (exact) mass is 280 g/mol. The molecule has 3 N–H and O–H groups in total. The third kappa shape index (κ3) is 4.42. The molecule has 0 unspecified atom stereocenters. The molecular weight excluding hydrogens is 264 g/mol. The van der Waals surface area contributed by atoms with Crippen LogP contribution in [0.25, 0.3) is 0 Å². The maximum Gasteiger partial charge on any atom is 0.131 e. The minimum atomic E-state index is 0.258. The van der Waals surface area contributed by atoms with Gasteiger partial charge in [-0.1, -0.05) is 0 Å². The van der Waals surface area contributed by atoms with Crippen molar-refractivity contribution in [3.63, 3.8) is 0 Å². The summed E-state index contributed by atoms with van der Waals surface area (Å²) in [5.41, 5.74) is 6.30. The van der Waals surface area contributed by atoms with Crippen molar-refractivity contribution >= 4 is 22.0 Å². The van der Waals surface area contributed by atoms with E-state index in [0.29, 0.717) is 41.8 Å². The van der Waals surface area contributed by atoms with Gasteiger partial charge < -0.3 is 20.5 Å². The Kier molecular flexibility index (Phi) is 6.69. The first-order valence-electron chi connectivity index (χ1n) is 5.77. The highest BCUT2D eigenvalue weighted by Gasteiger charge is 2.14. The number of nitrogens with one attached hydrogen (secondary N) is 1. The predicted molar refractivity (Wildman–Crippen MR) is 74.0 cm³/mol. The highest BCUT2D eigenvalue weighted by Crippen LogP contribution is 2.34.